The molecule has 2 aromatic heterocycles. The van der Waals surface area contributed by atoms with Crippen LogP contribution in [-0.4, -0.2) is 9.55 Å². The Morgan fingerprint density at radius 1 is 1.64 bits per heavy atom. The van der Waals surface area contributed by atoms with Crippen LogP contribution in [0.5, 0.6) is 0 Å². The van der Waals surface area contributed by atoms with Gasteiger partial charge in [0.15, 0.2) is 0 Å². The molecular formula is C9H12N4S. The van der Waals surface area contributed by atoms with Crippen molar-refractivity contribution < 1.29 is 0 Å². The summed E-state index contributed by atoms with van der Waals surface area (Å²) >= 11 is 1.67. The van der Waals surface area contributed by atoms with E-state index in [-0.39, 0.29) is 6.04 Å². The molecule has 14 heavy (non-hydrogen) atoms. The lowest BCUT2D eigenvalue weighted by Gasteiger charge is -2.13. The number of aryl methyl sites for hydroxylation is 1. The first-order valence-corrected chi connectivity index (χ1v) is 5.17. The summed E-state index contributed by atoms with van der Waals surface area (Å²) in [7, 11) is 1.96. The van der Waals surface area contributed by atoms with Gasteiger partial charge in [0.2, 0.25) is 0 Å². The highest BCUT2D eigenvalue weighted by Crippen LogP contribution is 2.23. The van der Waals surface area contributed by atoms with Gasteiger partial charge in [0.1, 0.15) is 11.9 Å². The number of aromatic nitrogens is 2. The molecule has 0 aromatic carbocycles. The molecule has 2 rings (SSSR count). The van der Waals surface area contributed by atoms with Gasteiger partial charge in [-0.05, 0) is 11.4 Å². The Kier molecular flexibility index (Phi) is 2.62. The van der Waals surface area contributed by atoms with Crippen LogP contribution >= 0.6 is 11.3 Å². The van der Waals surface area contributed by atoms with Gasteiger partial charge in [-0.1, -0.05) is 6.07 Å². The first-order chi connectivity index (χ1) is 6.83. The van der Waals surface area contributed by atoms with Gasteiger partial charge in [0.05, 0.1) is 0 Å². The van der Waals surface area contributed by atoms with Gasteiger partial charge < -0.3 is 4.57 Å². The van der Waals surface area contributed by atoms with Crippen LogP contribution in [0.15, 0.2) is 29.9 Å². The SMILES string of the molecule is Cn1ccnc1C(NN)c1cccs1. The molecule has 0 radical (unpaired) electrons. The smallest absolute Gasteiger partial charge is 0.132 e. The Morgan fingerprint density at radius 2 is 2.50 bits per heavy atom. The van der Waals surface area contributed by atoms with Gasteiger partial charge in [-0.3, -0.25) is 5.84 Å². The van der Waals surface area contributed by atoms with Crippen molar-refractivity contribution in [1.29, 1.82) is 0 Å². The van der Waals surface area contributed by atoms with Crippen molar-refractivity contribution in [2.45, 2.75) is 6.04 Å². The Hall–Kier alpha value is -1.17. The quantitative estimate of drug-likeness (QED) is 0.585. The van der Waals surface area contributed by atoms with Gasteiger partial charge in [-0.2, -0.15) is 0 Å². The molecule has 0 saturated carbocycles. The Bertz CT molecular complexity index is 393. The van der Waals surface area contributed by atoms with Gasteiger partial charge >= 0.3 is 0 Å². The third kappa shape index (κ3) is 1.57. The van der Waals surface area contributed by atoms with Crippen molar-refractivity contribution in [1.82, 2.24) is 15.0 Å². The standard InChI is InChI=1S/C9H12N4S/c1-13-5-4-11-9(13)8(12-10)7-3-2-6-14-7/h2-6,8,12H,10H2,1H3. The zero-order valence-electron chi connectivity index (χ0n) is 7.84. The second-order valence-corrected chi connectivity index (χ2v) is 3.99. The van der Waals surface area contributed by atoms with Crippen molar-refractivity contribution in [3.63, 3.8) is 0 Å². The summed E-state index contributed by atoms with van der Waals surface area (Å²) in [5.41, 5.74) is 2.77. The summed E-state index contributed by atoms with van der Waals surface area (Å²) in [6.45, 7) is 0. The predicted molar refractivity (Wildman–Crippen MR) is 56.7 cm³/mol. The molecule has 2 aromatic rings. The maximum atomic E-state index is 5.53. The number of hydrogen-bond donors (Lipinski definition) is 2. The van der Waals surface area contributed by atoms with E-state index in [4.69, 9.17) is 5.84 Å². The van der Waals surface area contributed by atoms with Crippen molar-refractivity contribution in [2.24, 2.45) is 12.9 Å². The minimum atomic E-state index is -0.0185. The summed E-state index contributed by atoms with van der Waals surface area (Å²) in [5, 5.41) is 2.03. The molecule has 0 fully saturated rings. The number of hydrogen-bond acceptors (Lipinski definition) is 4. The van der Waals surface area contributed by atoms with Gasteiger partial charge in [0, 0.05) is 24.3 Å². The zero-order valence-corrected chi connectivity index (χ0v) is 8.66. The molecule has 0 spiro atoms. The summed E-state index contributed by atoms with van der Waals surface area (Å²) in [6, 6.07) is 4.03. The molecular weight excluding hydrogens is 196 g/mol. The summed E-state index contributed by atoms with van der Waals surface area (Å²) in [4.78, 5) is 5.44. The third-order valence-electron chi connectivity index (χ3n) is 2.11. The highest BCUT2D eigenvalue weighted by Gasteiger charge is 2.16. The molecule has 4 nitrogen and oxygen atoms in total. The average molecular weight is 208 g/mol. The monoisotopic (exact) mass is 208 g/mol. The normalized spacial score (nSPS) is 13.0. The topological polar surface area (TPSA) is 55.9 Å². The lowest BCUT2D eigenvalue weighted by Crippen LogP contribution is -2.30. The summed E-state index contributed by atoms with van der Waals surface area (Å²) in [5.74, 6) is 6.45. The van der Waals surface area contributed by atoms with E-state index in [1.165, 1.54) is 4.88 Å². The van der Waals surface area contributed by atoms with Gasteiger partial charge in [0.25, 0.3) is 0 Å². The minimum absolute atomic E-state index is 0.0185. The molecule has 0 aliphatic rings. The fourth-order valence-corrected chi connectivity index (χ4v) is 2.18. The Balaban J connectivity index is 2.36. The number of nitrogens with zero attached hydrogens (tertiary/aromatic N) is 2. The van der Waals surface area contributed by atoms with Crippen LogP contribution in [-0.2, 0) is 7.05 Å². The molecule has 0 bridgehead atoms. The predicted octanol–water partition coefficient (Wildman–Crippen LogP) is 1.03. The van der Waals surface area contributed by atoms with E-state index in [9.17, 15) is 0 Å². The lowest BCUT2D eigenvalue weighted by atomic mass is 10.2. The van der Waals surface area contributed by atoms with E-state index in [1.54, 1.807) is 17.5 Å². The lowest BCUT2D eigenvalue weighted by molar-refractivity contribution is 0.588. The van der Waals surface area contributed by atoms with Crippen LogP contribution in [0.3, 0.4) is 0 Å². The van der Waals surface area contributed by atoms with Crippen LogP contribution in [0.25, 0.3) is 0 Å². The van der Waals surface area contributed by atoms with Crippen molar-refractivity contribution >= 4 is 11.3 Å². The fraction of sp³-hybridized carbons (Fsp3) is 0.222. The van der Waals surface area contributed by atoms with Crippen LogP contribution in [0.4, 0.5) is 0 Å². The molecule has 2 heterocycles. The average Bonchev–Trinajstić information content (AvgIpc) is 2.80. The van der Waals surface area contributed by atoms with Crippen LogP contribution < -0.4 is 11.3 Å². The van der Waals surface area contributed by atoms with E-state index >= 15 is 0 Å². The number of nitrogens with two attached hydrogens (primary N) is 1. The molecule has 0 amide bonds. The van der Waals surface area contributed by atoms with E-state index in [0.717, 1.165) is 5.82 Å². The third-order valence-corrected chi connectivity index (χ3v) is 3.05. The fourth-order valence-electron chi connectivity index (χ4n) is 1.39. The number of thiophene rings is 1. The molecule has 74 valence electrons. The number of hydrazine groups is 1. The van der Waals surface area contributed by atoms with Gasteiger partial charge in [-0.15, -0.1) is 11.3 Å². The molecule has 0 aliphatic carbocycles. The number of imidazole rings is 1. The van der Waals surface area contributed by atoms with Crippen molar-refractivity contribution in [3.05, 3.63) is 40.6 Å². The summed E-state index contributed by atoms with van der Waals surface area (Å²) in [6.07, 6.45) is 3.68. The first-order valence-electron chi connectivity index (χ1n) is 4.29. The van der Waals surface area contributed by atoms with E-state index in [0.29, 0.717) is 0 Å². The van der Waals surface area contributed by atoms with E-state index < -0.39 is 0 Å². The van der Waals surface area contributed by atoms with Crippen LogP contribution in [0.2, 0.25) is 0 Å². The summed E-state index contributed by atoms with van der Waals surface area (Å²) < 4.78 is 1.96. The highest BCUT2D eigenvalue weighted by molar-refractivity contribution is 7.10. The van der Waals surface area contributed by atoms with Crippen LogP contribution in [0.1, 0.15) is 16.7 Å². The maximum Gasteiger partial charge on any atom is 0.132 e. The number of nitrogens with one attached hydrogen (secondary N) is 1. The highest BCUT2D eigenvalue weighted by atomic mass is 32.1. The first kappa shape index (κ1) is 9.39. The van der Waals surface area contributed by atoms with Crippen molar-refractivity contribution in [3.8, 4) is 0 Å². The van der Waals surface area contributed by atoms with Gasteiger partial charge in [-0.25, -0.2) is 10.4 Å². The number of rotatable bonds is 3. The second kappa shape index (κ2) is 3.91. The minimum Gasteiger partial charge on any atom is -0.336 e. The Labute approximate surface area is 86.4 Å². The molecule has 0 aliphatic heterocycles. The molecule has 5 heteroatoms. The Morgan fingerprint density at radius 3 is 3.00 bits per heavy atom. The van der Waals surface area contributed by atoms with Crippen molar-refractivity contribution in [2.75, 3.05) is 0 Å². The van der Waals surface area contributed by atoms with E-state index in [2.05, 4.69) is 10.4 Å². The maximum absolute atomic E-state index is 5.53. The zero-order chi connectivity index (χ0) is 9.97. The molecule has 3 N–H and O–H groups in total. The molecule has 0 saturated heterocycles. The molecule has 1 unspecified atom stereocenters. The van der Waals surface area contributed by atoms with Crippen LogP contribution in [0, 0.1) is 0 Å². The second-order valence-electron chi connectivity index (χ2n) is 3.01. The largest absolute Gasteiger partial charge is 0.336 e. The van der Waals surface area contributed by atoms with E-state index in [1.807, 2.05) is 35.3 Å². The molecule has 1 atom stereocenters.